The molecule has 2 rings (SSSR count). The summed E-state index contributed by atoms with van der Waals surface area (Å²) in [7, 11) is -7.44. The molecule has 8 nitrogen and oxygen atoms in total. The molecule has 0 saturated heterocycles. The van der Waals surface area contributed by atoms with Crippen LogP contribution in [0, 0.1) is 0 Å². The van der Waals surface area contributed by atoms with Gasteiger partial charge in [0.05, 0.1) is 9.79 Å². The largest absolute Gasteiger partial charge is 0.322 e. The molecule has 3 N–H and O–H groups in total. The van der Waals surface area contributed by atoms with E-state index < -0.39 is 31.5 Å². The van der Waals surface area contributed by atoms with Crippen molar-refractivity contribution < 1.29 is 21.6 Å². The Morgan fingerprint density at radius 1 is 0.967 bits per heavy atom. The van der Waals surface area contributed by atoms with Gasteiger partial charge in [-0.05, 0) is 63.2 Å². The van der Waals surface area contributed by atoms with Gasteiger partial charge >= 0.3 is 0 Å². The fraction of sp³-hybridized carbons (Fsp3) is 0.250. The summed E-state index contributed by atoms with van der Waals surface area (Å²) < 4.78 is 54.0. The third-order valence-electron chi connectivity index (χ3n) is 3.69. The molecule has 0 fully saturated rings. The third-order valence-corrected chi connectivity index (χ3v) is 6.88. The zero-order chi connectivity index (χ0) is 22.6. The molecule has 1 amide bonds. The quantitative estimate of drug-likeness (QED) is 0.533. The molecule has 0 radical (unpaired) electrons. The summed E-state index contributed by atoms with van der Waals surface area (Å²) in [5.74, 6) is -0.503. The van der Waals surface area contributed by atoms with Crippen LogP contribution in [-0.2, 0) is 20.0 Å². The number of benzene rings is 2. The summed E-state index contributed by atoms with van der Waals surface area (Å²) in [6.45, 7) is 8.73. The van der Waals surface area contributed by atoms with Crippen LogP contribution in [0.15, 0.2) is 71.0 Å². The van der Waals surface area contributed by atoms with E-state index in [2.05, 4.69) is 21.3 Å². The van der Waals surface area contributed by atoms with Gasteiger partial charge in [-0.25, -0.2) is 26.3 Å². The highest BCUT2D eigenvalue weighted by Gasteiger charge is 2.22. The Morgan fingerprint density at radius 2 is 1.60 bits per heavy atom. The van der Waals surface area contributed by atoms with Gasteiger partial charge in [0.25, 0.3) is 5.91 Å². The van der Waals surface area contributed by atoms with Gasteiger partial charge in [0.1, 0.15) is 0 Å². The number of carbonyl (C=O) groups is 1. The topological polar surface area (TPSA) is 121 Å². The van der Waals surface area contributed by atoms with Crippen LogP contribution in [0.2, 0.25) is 0 Å². The second-order valence-corrected chi connectivity index (χ2v) is 11.0. The van der Waals surface area contributed by atoms with Gasteiger partial charge in [-0.15, -0.1) is 6.58 Å². The Bertz CT molecular complexity index is 1130. The van der Waals surface area contributed by atoms with Crippen molar-refractivity contribution in [3.8, 4) is 0 Å². The van der Waals surface area contributed by atoms with Crippen molar-refractivity contribution in [3.63, 3.8) is 0 Å². The Hall–Kier alpha value is -2.53. The first-order valence-corrected chi connectivity index (χ1v) is 12.0. The van der Waals surface area contributed by atoms with E-state index in [1.54, 1.807) is 26.8 Å². The minimum absolute atomic E-state index is 0.0160. The maximum absolute atomic E-state index is 12.5. The van der Waals surface area contributed by atoms with Crippen LogP contribution in [0.1, 0.15) is 31.1 Å². The van der Waals surface area contributed by atoms with Gasteiger partial charge in [-0.3, -0.25) is 4.79 Å². The Labute approximate surface area is 177 Å². The van der Waals surface area contributed by atoms with E-state index in [9.17, 15) is 21.6 Å². The van der Waals surface area contributed by atoms with Crippen molar-refractivity contribution in [2.75, 3.05) is 11.9 Å². The molecule has 2 aromatic carbocycles. The van der Waals surface area contributed by atoms with E-state index in [0.29, 0.717) is 5.69 Å². The van der Waals surface area contributed by atoms with Gasteiger partial charge in [0.15, 0.2) is 0 Å². The first-order valence-electron chi connectivity index (χ1n) is 9.00. The van der Waals surface area contributed by atoms with Crippen LogP contribution in [0.5, 0.6) is 0 Å². The SMILES string of the molecule is C=CCNS(=O)(=O)c1ccc(C(=O)Nc2cccc(S(=O)(=O)NC(C)(C)C)c2)cc1. The van der Waals surface area contributed by atoms with E-state index in [-0.39, 0.29) is 21.9 Å². The second-order valence-electron chi connectivity index (χ2n) is 7.50. The number of carbonyl (C=O) groups excluding carboxylic acids is 1. The molecule has 0 heterocycles. The molecule has 0 atom stereocenters. The molecule has 0 saturated carbocycles. The van der Waals surface area contributed by atoms with Crippen molar-refractivity contribution in [2.24, 2.45) is 0 Å². The number of hydrogen-bond acceptors (Lipinski definition) is 5. The van der Waals surface area contributed by atoms with Gasteiger partial charge in [-0.1, -0.05) is 12.1 Å². The normalized spacial score (nSPS) is 12.4. The lowest BCUT2D eigenvalue weighted by Crippen LogP contribution is -2.40. The number of amides is 1. The van der Waals surface area contributed by atoms with Crippen LogP contribution < -0.4 is 14.8 Å². The van der Waals surface area contributed by atoms with E-state index in [1.165, 1.54) is 48.5 Å². The number of sulfonamides is 2. The molecule has 0 aliphatic heterocycles. The fourth-order valence-electron chi connectivity index (χ4n) is 2.44. The lowest BCUT2D eigenvalue weighted by atomic mass is 10.1. The van der Waals surface area contributed by atoms with Crippen LogP contribution in [0.4, 0.5) is 5.69 Å². The van der Waals surface area contributed by atoms with E-state index in [1.807, 2.05) is 0 Å². The maximum Gasteiger partial charge on any atom is 0.255 e. The van der Waals surface area contributed by atoms with Crippen molar-refractivity contribution in [1.29, 1.82) is 0 Å². The van der Waals surface area contributed by atoms with E-state index in [4.69, 9.17) is 0 Å². The minimum Gasteiger partial charge on any atom is -0.322 e. The molecule has 0 spiro atoms. The lowest BCUT2D eigenvalue weighted by molar-refractivity contribution is 0.102. The molecule has 162 valence electrons. The zero-order valence-corrected chi connectivity index (χ0v) is 18.6. The Morgan fingerprint density at radius 3 is 2.17 bits per heavy atom. The van der Waals surface area contributed by atoms with Gasteiger partial charge in [0, 0.05) is 23.3 Å². The van der Waals surface area contributed by atoms with Crippen molar-refractivity contribution in [1.82, 2.24) is 9.44 Å². The minimum atomic E-state index is -3.75. The first-order chi connectivity index (χ1) is 13.8. The fourth-order valence-corrected chi connectivity index (χ4v) is 4.91. The summed E-state index contributed by atoms with van der Waals surface area (Å²) in [4.78, 5) is 12.5. The summed E-state index contributed by atoms with van der Waals surface area (Å²) in [6.07, 6.45) is 1.42. The number of rotatable bonds is 8. The van der Waals surface area contributed by atoms with Crippen LogP contribution >= 0.6 is 0 Å². The molecule has 0 aliphatic carbocycles. The molecule has 0 aromatic heterocycles. The molecule has 0 aliphatic rings. The molecule has 0 bridgehead atoms. The molecular weight excluding hydrogens is 426 g/mol. The van der Waals surface area contributed by atoms with E-state index >= 15 is 0 Å². The maximum atomic E-state index is 12.5. The predicted octanol–water partition coefficient (Wildman–Crippen LogP) is 2.48. The molecular formula is C20H25N3O5S2. The van der Waals surface area contributed by atoms with E-state index in [0.717, 1.165) is 0 Å². The molecule has 0 unspecified atom stereocenters. The average molecular weight is 452 g/mol. The first kappa shape index (κ1) is 23.7. The molecule has 2 aromatic rings. The standard InChI is InChI=1S/C20H25N3O5S2/c1-5-13-21-29(25,26)17-11-9-15(10-12-17)19(24)22-16-7-6-8-18(14-16)30(27,28)23-20(2,3)4/h5-12,14,21,23H,1,13H2,2-4H3,(H,22,24). The Kier molecular flexibility index (Phi) is 7.19. The summed E-state index contributed by atoms with van der Waals surface area (Å²) in [6, 6.07) is 11.2. The molecule has 10 heteroatoms. The second kappa shape index (κ2) is 9.09. The third kappa shape index (κ3) is 6.49. The summed E-state index contributed by atoms with van der Waals surface area (Å²) >= 11 is 0. The van der Waals surface area contributed by atoms with Gasteiger partial charge in [0.2, 0.25) is 20.0 Å². The van der Waals surface area contributed by atoms with Crippen molar-refractivity contribution >= 4 is 31.6 Å². The van der Waals surface area contributed by atoms with Gasteiger partial charge < -0.3 is 5.32 Å². The highest BCUT2D eigenvalue weighted by molar-refractivity contribution is 7.89. The number of nitrogens with one attached hydrogen (secondary N) is 3. The number of hydrogen-bond donors (Lipinski definition) is 3. The van der Waals surface area contributed by atoms with Crippen molar-refractivity contribution in [2.45, 2.75) is 36.1 Å². The zero-order valence-electron chi connectivity index (χ0n) is 17.0. The monoisotopic (exact) mass is 451 g/mol. The van der Waals surface area contributed by atoms with Crippen LogP contribution in [0.25, 0.3) is 0 Å². The van der Waals surface area contributed by atoms with Gasteiger partial charge in [-0.2, -0.15) is 0 Å². The lowest BCUT2D eigenvalue weighted by Gasteiger charge is -2.20. The average Bonchev–Trinajstić information content (AvgIpc) is 2.65. The predicted molar refractivity (Wildman–Crippen MR) is 116 cm³/mol. The Balaban J connectivity index is 2.18. The van der Waals surface area contributed by atoms with Crippen molar-refractivity contribution in [3.05, 3.63) is 66.7 Å². The summed E-state index contributed by atoms with van der Waals surface area (Å²) in [5.41, 5.74) is -0.138. The number of anilines is 1. The summed E-state index contributed by atoms with van der Waals surface area (Å²) in [5, 5.41) is 2.62. The smallest absolute Gasteiger partial charge is 0.255 e. The highest BCUT2D eigenvalue weighted by atomic mass is 32.2. The van der Waals surface area contributed by atoms with Crippen LogP contribution in [-0.4, -0.2) is 34.8 Å². The molecule has 30 heavy (non-hydrogen) atoms. The highest BCUT2D eigenvalue weighted by Crippen LogP contribution is 2.19. The van der Waals surface area contributed by atoms with Crippen LogP contribution in [0.3, 0.4) is 0 Å².